The van der Waals surface area contributed by atoms with E-state index in [4.69, 9.17) is 24.2 Å². The van der Waals surface area contributed by atoms with Gasteiger partial charge in [0.05, 0.1) is 32.9 Å². The molecule has 2 aromatic carbocycles. The average Bonchev–Trinajstić information content (AvgIpc) is 3.36. The van der Waals surface area contributed by atoms with Gasteiger partial charge in [0, 0.05) is 30.2 Å². The van der Waals surface area contributed by atoms with E-state index in [1.54, 1.807) is 14.2 Å². The lowest BCUT2D eigenvalue weighted by Gasteiger charge is -2.34. The maximum absolute atomic E-state index is 6.08. The van der Waals surface area contributed by atoms with Crippen molar-refractivity contribution in [2.75, 3.05) is 38.8 Å². The highest BCUT2D eigenvalue weighted by Crippen LogP contribution is 2.39. The first-order chi connectivity index (χ1) is 16.2. The molecule has 2 aromatic heterocycles. The molecule has 4 aromatic rings. The summed E-state index contributed by atoms with van der Waals surface area (Å²) in [4.78, 5) is 12.4. The Kier molecular flexibility index (Phi) is 4.78. The molecule has 1 saturated heterocycles. The van der Waals surface area contributed by atoms with Crippen molar-refractivity contribution in [2.45, 2.75) is 18.8 Å². The van der Waals surface area contributed by atoms with E-state index in [9.17, 15) is 0 Å². The molecule has 2 aliphatic heterocycles. The van der Waals surface area contributed by atoms with Crippen LogP contribution in [0.5, 0.6) is 17.2 Å². The Bertz CT molecular complexity index is 1320. The van der Waals surface area contributed by atoms with Crippen LogP contribution in [0.25, 0.3) is 22.0 Å². The topological polar surface area (TPSA) is 85.4 Å². The molecular formula is C25H25N5O3. The molecule has 1 atom stereocenters. The predicted octanol–water partition coefficient (Wildman–Crippen LogP) is 3.97. The number of fused-ring (bicyclic) bond motifs is 2. The summed E-state index contributed by atoms with van der Waals surface area (Å²) in [5.74, 6) is 4.25. The van der Waals surface area contributed by atoms with Gasteiger partial charge in [0.25, 0.3) is 0 Å². The van der Waals surface area contributed by atoms with Gasteiger partial charge in [0.1, 0.15) is 34.4 Å². The lowest BCUT2D eigenvalue weighted by Crippen LogP contribution is -2.38. The number of ether oxygens (including phenoxy) is 3. The van der Waals surface area contributed by atoms with Crippen LogP contribution >= 0.6 is 0 Å². The van der Waals surface area contributed by atoms with E-state index in [2.05, 4.69) is 21.2 Å². The van der Waals surface area contributed by atoms with E-state index < -0.39 is 0 Å². The number of aromatic amines is 1. The van der Waals surface area contributed by atoms with Crippen LogP contribution in [0.4, 0.5) is 5.82 Å². The minimum absolute atomic E-state index is 0.0484. The highest BCUT2D eigenvalue weighted by molar-refractivity contribution is 5.97. The Morgan fingerprint density at radius 3 is 2.70 bits per heavy atom. The number of nitrogens with zero attached hydrogens (tertiary/aromatic N) is 4. The fourth-order valence-electron chi connectivity index (χ4n) is 4.55. The van der Waals surface area contributed by atoms with Crippen molar-refractivity contribution < 1.29 is 14.2 Å². The fourth-order valence-corrected chi connectivity index (χ4v) is 4.55. The van der Waals surface area contributed by atoms with Crippen LogP contribution in [0.15, 0.2) is 42.7 Å². The van der Waals surface area contributed by atoms with E-state index in [0.717, 1.165) is 76.0 Å². The van der Waals surface area contributed by atoms with Crippen LogP contribution in [-0.4, -0.2) is 54.1 Å². The number of aromatic nitrogens is 4. The monoisotopic (exact) mass is 443 g/mol. The molecule has 0 amide bonds. The Morgan fingerprint density at radius 1 is 1.06 bits per heavy atom. The number of hydrogen-bond acceptors (Lipinski definition) is 7. The molecule has 0 spiro atoms. The van der Waals surface area contributed by atoms with Crippen molar-refractivity contribution in [1.29, 1.82) is 0 Å². The van der Waals surface area contributed by atoms with E-state index in [-0.39, 0.29) is 5.92 Å². The second kappa shape index (κ2) is 7.95. The van der Waals surface area contributed by atoms with Gasteiger partial charge in [-0.25, -0.2) is 9.97 Å². The smallest absolute Gasteiger partial charge is 0.145 e. The van der Waals surface area contributed by atoms with Gasteiger partial charge in [-0.15, -0.1) is 0 Å². The zero-order valence-corrected chi connectivity index (χ0v) is 18.7. The number of methoxy groups -OCH3 is 2. The molecule has 1 fully saturated rings. The minimum Gasteiger partial charge on any atom is -0.497 e. The molecule has 1 unspecified atom stereocenters. The number of hydrogen-bond donors (Lipinski definition) is 1. The third-order valence-electron chi connectivity index (χ3n) is 6.51. The average molecular weight is 444 g/mol. The maximum atomic E-state index is 6.08. The zero-order chi connectivity index (χ0) is 22.4. The molecule has 1 N–H and O–H groups in total. The maximum Gasteiger partial charge on any atom is 0.145 e. The fraction of sp³-hybridized carbons (Fsp3) is 0.320. The van der Waals surface area contributed by atoms with E-state index in [1.165, 1.54) is 6.42 Å². The van der Waals surface area contributed by atoms with Crippen molar-refractivity contribution >= 4 is 16.7 Å². The summed E-state index contributed by atoms with van der Waals surface area (Å²) in [5, 5.41) is 7.97. The summed E-state index contributed by atoms with van der Waals surface area (Å²) >= 11 is 0. The summed E-state index contributed by atoms with van der Waals surface area (Å²) in [6, 6.07) is 10.1. The largest absolute Gasteiger partial charge is 0.497 e. The highest BCUT2D eigenvalue weighted by Gasteiger charge is 2.28. The number of H-pyrrole nitrogens is 1. The Morgan fingerprint density at radius 2 is 1.97 bits per heavy atom. The standard InChI is InChI=1S/C25H25N5O3/c1-31-19-4-5-21-16(9-19)8-17(14-33-21)24-28-23-20(25(29-24)30-6-3-7-30)10-15(11-22(23)32-2)18-12-26-27-13-18/h4-5,9-13,17H,3,6-8,14H2,1-2H3,(H,26,27). The predicted molar refractivity (Wildman–Crippen MR) is 125 cm³/mol. The van der Waals surface area contributed by atoms with Crippen LogP contribution in [0.3, 0.4) is 0 Å². The second-order valence-corrected chi connectivity index (χ2v) is 8.49. The Hall–Kier alpha value is -3.81. The van der Waals surface area contributed by atoms with E-state index in [0.29, 0.717) is 6.61 Å². The quantitative estimate of drug-likeness (QED) is 0.500. The molecule has 33 heavy (non-hydrogen) atoms. The van der Waals surface area contributed by atoms with Crippen molar-refractivity contribution in [3.8, 4) is 28.4 Å². The molecule has 168 valence electrons. The summed E-state index contributed by atoms with van der Waals surface area (Å²) in [5.41, 5.74) is 3.96. The van der Waals surface area contributed by atoms with Crippen molar-refractivity contribution in [2.24, 2.45) is 0 Å². The van der Waals surface area contributed by atoms with Crippen LogP contribution in [0, 0.1) is 0 Å². The Balaban J connectivity index is 1.47. The second-order valence-electron chi connectivity index (χ2n) is 8.49. The van der Waals surface area contributed by atoms with Gasteiger partial charge in [-0.1, -0.05) is 0 Å². The molecule has 0 radical (unpaired) electrons. The van der Waals surface area contributed by atoms with Crippen LogP contribution in [0.1, 0.15) is 23.7 Å². The summed E-state index contributed by atoms with van der Waals surface area (Å²) in [7, 11) is 3.37. The third-order valence-corrected chi connectivity index (χ3v) is 6.51. The molecule has 0 aliphatic carbocycles. The number of benzene rings is 2. The van der Waals surface area contributed by atoms with Crippen LogP contribution in [0.2, 0.25) is 0 Å². The Labute approximate surface area is 191 Å². The van der Waals surface area contributed by atoms with Gasteiger partial charge >= 0.3 is 0 Å². The number of nitrogens with one attached hydrogen (secondary N) is 1. The van der Waals surface area contributed by atoms with Gasteiger partial charge in [0.15, 0.2) is 0 Å². The van der Waals surface area contributed by atoms with Crippen LogP contribution < -0.4 is 19.1 Å². The normalized spacial score (nSPS) is 17.3. The minimum atomic E-state index is 0.0484. The van der Waals surface area contributed by atoms with Crippen molar-refractivity contribution in [3.05, 3.63) is 54.1 Å². The molecule has 8 heteroatoms. The van der Waals surface area contributed by atoms with Crippen molar-refractivity contribution in [1.82, 2.24) is 20.2 Å². The van der Waals surface area contributed by atoms with E-state index in [1.807, 2.05) is 36.7 Å². The highest BCUT2D eigenvalue weighted by atomic mass is 16.5. The summed E-state index contributed by atoms with van der Waals surface area (Å²) in [6.07, 6.45) is 5.65. The third kappa shape index (κ3) is 3.42. The van der Waals surface area contributed by atoms with Gasteiger partial charge in [-0.2, -0.15) is 5.10 Å². The van der Waals surface area contributed by atoms with Crippen molar-refractivity contribution in [3.63, 3.8) is 0 Å². The van der Waals surface area contributed by atoms with Gasteiger partial charge in [0.2, 0.25) is 0 Å². The van der Waals surface area contributed by atoms with E-state index >= 15 is 0 Å². The lowest BCUT2D eigenvalue weighted by molar-refractivity contribution is 0.257. The lowest BCUT2D eigenvalue weighted by atomic mass is 9.95. The molecule has 2 aliphatic rings. The van der Waals surface area contributed by atoms with Crippen LogP contribution in [-0.2, 0) is 6.42 Å². The summed E-state index contributed by atoms with van der Waals surface area (Å²) in [6.45, 7) is 2.52. The first-order valence-corrected chi connectivity index (χ1v) is 11.2. The van der Waals surface area contributed by atoms with Gasteiger partial charge < -0.3 is 19.1 Å². The molecule has 0 bridgehead atoms. The van der Waals surface area contributed by atoms with Gasteiger partial charge in [-0.3, -0.25) is 5.10 Å². The number of anilines is 1. The molecule has 4 heterocycles. The molecule has 0 saturated carbocycles. The SMILES string of the molecule is COc1ccc2c(c1)CC(c1nc(N3CCC3)c3cc(-c4cn[nH]c4)cc(OC)c3n1)CO2. The zero-order valence-electron chi connectivity index (χ0n) is 18.7. The molecule has 6 rings (SSSR count). The molecular weight excluding hydrogens is 418 g/mol. The molecule has 8 nitrogen and oxygen atoms in total. The summed E-state index contributed by atoms with van der Waals surface area (Å²) < 4.78 is 17.3. The first kappa shape index (κ1) is 19.8. The first-order valence-electron chi connectivity index (χ1n) is 11.2. The number of rotatable bonds is 5. The van der Waals surface area contributed by atoms with Gasteiger partial charge in [-0.05, 0) is 54.3 Å².